The lowest BCUT2D eigenvalue weighted by molar-refractivity contribution is 0.0931. The molecule has 0 bridgehead atoms. The number of thiophene rings is 1. The number of amides is 1. The first kappa shape index (κ1) is 10.6. The van der Waals surface area contributed by atoms with Crippen molar-refractivity contribution in [1.82, 2.24) is 15.6 Å². The Labute approximate surface area is 95.4 Å². The number of anilines is 1. The first-order chi connectivity index (χ1) is 7.68. The molecule has 0 aliphatic heterocycles. The number of nitrogens with two attached hydrogens (primary N) is 1. The Hall–Kier alpha value is -1.89. The average Bonchev–Trinajstić information content (AvgIpc) is 2.86. The third-order valence-corrected chi connectivity index (χ3v) is 3.10. The highest BCUT2D eigenvalue weighted by molar-refractivity contribution is 7.10. The minimum Gasteiger partial charge on any atom is -0.379 e. The van der Waals surface area contributed by atoms with Crippen LogP contribution in [0.1, 0.15) is 28.3 Å². The minimum atomic E-state index is -0.389. The largest absolute Gasteiger partial charge is 0.379 e. The van der Waals surface area contributed by atoms with Crippen LogP contribution in [-0.4, -0.2) is 16.2 Å². The maximum atomic E-state index is 11.7. The summed E-state index contributed by atoms with van der Waals surface area (Å²) >= 11 is 1.57. The van der Waals surface area contributed by atoms with Gasteiger partial charge in [0.05, 0.1) is 6.04 Å². The molecular weight excluding hydrogens is 228 g/mol. The van der Waals surface area contributed by atoms with E-state index >= 15 is 0 Å². The Kier molecular flexibility index (Phi) is 2.86. The Bertz CT molecular complexity index is 479. The summed E-state index contributed by atoms with van der Waals surface area (Å²) in [6, 6.07) is 3.78. The molecule has 0 spiro atoms. The van der Waals surface area contributed by atoms with Crippen molar-refractivity contribution in [3.8, 4) is 0 Å². The molecule has 1 amide bonds. The molecule has 1 unspecified atom stereocenters. The van der Waals surface area contributed by atoms with Crippen molar-refractivity contribution in [2.45, 2.75) is 13.0 Å². The van der Waals surface area contributed by atoms with Crippen LogP contribution < -0.4 is 11.1 Å². The quantitative estimate of drug-likeness (QED) is 0.838. The van der Waals surface area contributed by atoms with Crippen LogP contribution >= 0.6 is 11.3 Å². The number of hydrogen-bond acceptors (Lipinski definition) is 6. The van der Waals surface area contributed by atoms with E-state index in [1.54, 1.807) is 11.3 Å². The molecule has 2 aromatic heterocycles. The fourth-order valence-corrected chi connectivity index (χ4v) is 1.96. The first-order valence-electron chi connectivity index (χ1n) is 4.61. The van der Waals surface area contributed by atoms with E-state index in [2.05, 4.69) is 20.3 Å². The zero-order valence-electron chi connectivity index (χ0n) is 8.51. The second kappa shape index (κ2) is 4.31. The number of aromatic nitrogens is 2. The van der Waals surface area contributed by atoms with Gasteiger partial charge in [0.1, 0.15) is 0 Å². The van der Waals surface area contributed by atoms with Crippen LogP contribution in [0.5, 0.6) is 0 Å². The summed E-state index contributed by atoms with van der Waals surface area (Å²) in [6.45, 7) is 1.88. The molecular formula is C9H10N4O2S. The van der Waals surface area contributed by atoms with Gasteiger partial charge in [0.15, 0.2) is 0 Å². The van der Waals surface area contributed by atoms with Crippen molar-refractivity contribution in [2.24, 2.45) is 0 Å². The lowest BCUT2D eigenvalue weighted by atomic mass is 10.2. The maximum absolute atomic E-state index is 11.7. The summed E-state index contributed by atoms with van der Waals surface area (Å²) in [5.41, 5.74) is 5.43. The van der Waals surface area contributed by atoms with Gasteiger partial charge in [-0.15, -0.1) is 11.3 Å². The summed E-state index contributed by atoms with van der Waals surface area (Å²) in [5, 5.41) is 11.5. The molecule has 0 aliphatic rings. The minimum absolute atomic E-state index is 0.00382. The lowest BCUT2D eigenvalue weighted by Crippen LogP contribution is -2.27. The standard InChI is InChI=1S/C9H10N4O2S/c1-5(6-3-2-4-16-6)11-9(14)7-8(10)13-15-12-7/h2-5H,1H3,(H2,10,13)(H,11,14). The molecule has 0 radical (unpaired) electrons. The monoisotopic (exact) mass is 238 g/mol. The van der Waals surface area contributed by atoms with Crippen LogP contribution in [0, 0.1) is 0 Å². The third kappa shape index (κ3) is 2.03. The normalized spacial score (nSPS) is 12.3. The zero-order valence-corrected chi connectivity index (χ0v) is 9.32. The van der Waals surface area contributed by atoms with E-state index in [0.717, 1.165) is 4.88 Å². The number of nitrogen functional groups attached to an aromatic ring is 1. The van der Waals surface area contributed by atoms with E-state index in [4.69, 9.17) is 5.73 Å². The molecule has 6 nitrogen and oxygen atoms in total. The molecule has 2 heterocycles. The SMILES string of the molecule is CC(NC(=O)c1nonc1N)c1cccs1. The lowest BCUT2D eigenvalue weighted by Gasteiger charge is -2.10. The molecule has 0 saturated heterocycles. The summed E-state index contributed by atoms with van der Waals surface area (Å²) in [4.78, 5) is 12.7. The van der Waals surface area contributed by atoms with Gasteiger partial charge in [-0.2, -0.15) is 0 Å². The molecule has 84 valence electrons. The molecule has 1 atom stereocenters. The van der Waals surface area contributed by atoms with E-state index < -0.39 is 0 Å². The predicted octanol–water partition coefficient (Wildman–Crippen LogP) is 1.20. The van der Waals surface area contributed by atoms with Crippen molar-refractivity contribution in [1.29, 1.82) is 0 Å². The molecule has 3 N–H and O–H groups in total. The summed E-state index contributed by atoms with van der Waals surface area (Å²) in [7, 11) is 0. The van der Waals surface area contributed by atoms with Gasteiger partial charge in [0, 0.05) is 4.88 Å². The molecule has 0 aliphatic carbocycles. The Balaban J connectivity index is 2.06. The predicted molar refractivity (Wildman–Crippen MR) is 58.9 cm³/mol. The molecule has 7 heteroatoms. The van der Waals surface area contributed by atoms with Crippen molar-refractivity contribution in [2.75, 3.05) is 5.73 Å². The topological polar surface area (TPSA) is 94.0 Å². The summed E-state index contributed by atoms with van der Waals surface area (Å²) in [5.74, 6) is -0.393. The Morgan fingerprint density at radius 1 is 1.62 bits per heavy atom. The molecule has 16 heavy (non-hydrogen) atoms. The smallest absolute Gasteiger partial charge is 0.277 e. The average molecular weight is 238 g/mol. The number of nitrogens with one attached hydrogen (secondary N) is 1. The fraction of sp³-hybridized carbons (Fsp3) is 0.222. The third-order valence-electron chi connectivity index (χ3n) is 2.05. The van der Waals surface area contributed by atoms with E-state index in [-0.39, 0.29) is 23.5 Å². The van der Waals surface area contributed by atoms with Gasteiger partial charge in [-0.05, 0) is 28.7 Å². The number of rotatable bonds is 3. The highest BCUT2D eigenvalue weighted by Gasteiger charge is 2.18. The number of carbonyl (C=O) groups excluding carboxylic acids is 1. The van der Waals surface area contributed by atoms with Crippen molar-refractivity contribution < 1.29 is 9.42 Å². The van der Waals surface area contributed by atoms with Crippen LogP contribution in [0.15, 0.2) is 22.1 Å². The fourth-order valence-electron chi connectivity index (χ4n) is 1.23. The van der Waals surface area contributed by atoms with E-state index in [9.17, 15) is 4.79 Å². The Morgan fingerprint density at radius 3 is 3.00 bits per heavy atom. The Morgan fingerprint density at radius 2 is 2.44 bits per heavy atom. The van der Waals surface area contributed by atoms with Crippen LogP contribution in [0.3, 0.4) is 0 Å². The number of nitrogens with zero attached hydrogens (tertiary/aromatic N) is 2. The van der Waals surface area contributed by atoms with Crippen LogP contribution in [-0.2, 0) is 0 Å². The van der Waals surface area contributed by atoms with E-state index in [0.29, 0.717) is 0 Å². The highest BCUT2D eigenvalue weighted by Crippen LogP contribution is 2.18. The molecule has 2 aromatic rings. The van der Waals surface area contributed by atoms with Crippen molar-refractivity contribution in [3.63, 3.8) is 0 Å². The van der Waals surface area contributed by atoms with Gasteiger partial charge in [0.2, 0.25) is 11.5 Å². The summed E-state index contributed by atoms with van der Waals surface area (Å²) in [6.07, 6.45) is 0. The molecule has 0 fully saturated rings. The van der Waals surface area contributed by atoms with E-state index in [1.807, 2.05) is 24.4 Å². The summed E-state index contributed by atoms with van der Waals surface area (Å²) < 4.78 is 4.36. The molecule has 2 rings (SSSR count). The van der Waals surface area contributed by atoms with Gasteiger partial charge in [-0.1, -0.05) is 6.07 Å². The van der Waals surface area contributed by atoms with Gasteiger partial charge in [-0.3, -0.25) is 4.79 Å². The van der Waals surface area contributed by atoms with Crippen LogP contribution in [0.4, 0.5) is 5.82 Å². The van der Waals surface area contributed by atoms with Crippen molar-refractivity contribution >= 4 is 23.1 Å². The highest BCUT2D eigenvalue weighted by atomic mass is 32.1. The van der Waals surface area contributed by atoms with Crippen LogP contribution in [0.25, 0.3) is 0 Å². The van der Waals surface area contributed by atoms with Gasteiger partial charge in [0.25, 0.3) is 5.91 Å². The number of carbonyl (C=O) groups is 1. The van der Waals surface area contributed by atoms with Gasteiger partial charge in [-0.25, -0.2) is 4.63 Å². The maximum Gasteiger partial charge on any atom is 0.277 e. The van der Waals surface area contributed by atoms with Crippen molar-refractivity contribution in [3.05, 3.63) is 28.1 Å². The second-order valence-corrected chi connectivity index (χ2v) is 4.19. The number of hydrogen-bond donors (Lipinski definition) is 2. The van der Waals surface area contributed by atoms with Gasteiger partial charge >= 0.3 is 0 Å². The zero-order chi connectivity index (χ0) is 11.5. The molecule has 0 aromatic carbocycles. The second-order valence-electron chi connectivity index (χ2n) is 3.21. The molecule has 0 saturated carbocycles. The van der Waals surface area contributed by atoms with E-state index in [1.165, 1.54) is 0 Å². The first-order valence-corrected chi connectivity index (χ1v) is 5.48. The van der Waals surface area contributed by atoms with Crippen LogP contribution in [0.2, 0.25) is 0 Å². The van der Waals surface area contributed by atoms with Gasteiger partial charge < -0.3 is 11.1 Å².